The number of pyridine rings is 1. The van der Waals surface area contributed by atoms with Gasteiger partial charge in [0.1, 0.15) is 17.5 Å². The molecular formula is C7H4F2N2O2. The standard InChI is InChI=1S/C7H4F2N2O2/c8-7(9)6-3(2-10)11-5(13)1-4(6)12/h1,7H,(H2,11,12,13). The first-order valence-corrected chi connectivity index (χ1v) is 3.20. The monoisotopic (exact) mass is 186 g/mol. The van der Waals surface area contributed by atoms with E-state index in [0.717, 1.165) is 0 Å². The van der Waals surface area contributed by atoms with E-state index in [-0.39, 0.29) is 0 Å². The lowest BCUT2D eigenvalue weighted by Gasteiger charge is -2.03. The zero-order chi connectivity index (χ0) is 10.0. The molecule has 0 aliphatic heterocycles. The number of halogens is 2. The molecule has 68 valence electrons. The fourth-order valence-corrected chi connectivity index (χ4v) is 0.866. The van der Waals surface area contributed by atoms with E-state index in [1.165, 1.54) is 6.07 Å². The number of alkyl halides is 2. The zero-order valence-corrected chi connectivity index (χ0v) is 6.21. The van der Waals surface area contributed by atoms with Crippen molar-refractivity contribution in [2.75, 3.05) is 0 Å². The summed E-state index contributed by atoms with van der Waals surface area (Å²) in [7, 11) is 0. The van der Waals surface area contributed by atoms with Crippen LogP contribution in [0, 0.1) is 11.3 Å². The van der Waals surface area contributed by atoms with Crippen molar-refractivity contribution in [3.05, 3.63) is 27.7 Å². The molecule has 0 aromatic carbocycles. The van der Waals surface area contributed by atoms with Gasteiger partial charge in [0, 0.05) is 6.07 Å². The minimum absolute atomic E-state index is 0.600. The van der Waals surface area contributed by atoms with Gasteiger partial charge >= 0.3 is 0 Å². The van der Waals surface area contributed by atoms with E-state index < -0.39 is 29.0 Å². The molecule has 0 amide bonds. The van der Waals surface area contributed by atoms with Crippen LogP contribution in [0.25, 0.3) is 0 Å². The number of hydrogen-bond donors (Lipinski definition) is 2. The average Bonchev–Trinajstić information content (AvgIpc) is 2.01. The molecule has 0 fully saturated rings. The maximum atomic E-state index is 12.2. The molecule has 1 heterocycles. The fraction of sp³-hybridized carbons (Fsp3) is 0.143. The molecule has 6 heteroatoms. The van der Waals surface area contributed by atoms with Crippen molar-refractivity contribution < 1.29 is 13.9 Å². The number of nitrogens with one attached hydrogen (secondary N) is 1. The van der Waals surface area contributed by atoms with Crippen LogP contribution in [0.4, 0.5) is 8.78 Å². The van der Waals surface area contributed by atoms with E-state index in [2.05, 4.69) is 0 Å². The van der Waals surface area contributed by atoms with Crippen molar-refractivity contribution >= 4 is 0 Å². The first kappa shape index (κ1) is 9.19. The van der Waals surface area contributed by atoms with Crippen LogP contribution in [0.5, 0.6) is 5.75 Å². The molecule has 0 radical (unpaired) electrons. The Morgan fingerprint density at radius 2 is 2.23 bits per heavy atom. The highest BCUT2D eigenvalue weighted by Gasteiger charge is 2.18. The van der Waals surface area contributed by atoms with Gasteiger partial charge in [0.15, 0.2) is 0 Å². The molecule has 0 spiro atoms. The average molecular weight is 186 g/mol. The number of hydrogen-bond acceptors (Lipinski definition) is 3. The number of aromatic nitrogens is 1. The number of rotatable bonds is 1. The Morgan fingerprint density at radius 1 is 1.62 bits per heavy atom. The van der Waals surface area contributed by atoms with Crippen molar-refractivity contribution in [1.82, 2.24) is 4.98 Å². The summed E-state index contributed by atoms with van der Waals surface area (Å²) in [5, 5.41) is 17.3. The van der Waals surface area contributed by atoms with Crippen LogP contribution in [-0.2, 0) is 0 Å². The number of nitrogens with zero attached hydrogens (tertiary/aromatic N) is 1. The number of aromatic amines is 1. The Kier molecular flexibility index (Phi) is 2.28. The third-order valence-corrected chi connectivity index (χ3v) is 1.39. The lowest BCUT2D eigenvalue weighted by molar-refractivity contribution is 0.146. The largest absolute Gasteiger partial charge is 0.507 e. The van der Waals surface area contributed by atoms with E-state index in [1.54, 1.807) is 0 Å². The van der Waals surface area contributed by atoms with Crippen molar-refractivity contribution in [2.24, 2.45) is 0 Å². The highest BCUT2D eigenvalue weighted by atomic mass is 19.3. The van der Waals surface area contributed by atoms with Gasteiger partial charge in [0.05, 0.1) is 5.56 Å². The summed E-state index contributed by atoms with van der Waals surface area (Å²) in [6, 6.07) is 1.96. The smallest absolute Gasteiger partial charge is 0.270 e. The summed E-state index contributed by atoms with van der Waals surface area (Å²) in [6.45, 7) is 0. The lowest BCUT2D eigenvalue weighted by Crippen LogP contribution is -2.09. The molecule has 1 aromatic rings. The van der Waals surface area contributed by atoms with Gasteiger partial charge in [-0.3, -0.25) is 4.79 Å². The van der Waals surface area contributed by atoms with E-state index in [9.17, 15) is 13.6 Å². The molecule has 0 aliphatic rings. The topological polar surface area (TPSA) is 76.9 Å². The summed E-state index contributed by atoms with van der Waals surface area (Å²) in [5.41, 5.74) is -2.25. The summed E-state index contributed by atoms with van der Waals surface area (Å²) in [5.74, 6) is -0.865. The van der Waals surface area contributed by atoms with Gasteiger partial charge < -0.3 is 10.1 Å². The quantitative estimate of drug-likeness (QED) is 0.683. The molecule has 0 bridgehead atoms. The highest BCUT2D eigenvalue weighted by molar-refractivity contribution is 5.41. The van der Waals surface area contributed by atoms with E-state index in [0.29, 0.717) is 6.07 Å². The predicted molar refractivity (Wildman–Crippen MR) is 38.4 cm³/mol. The van der Waals surface area contributed by atoms with Gasteiger partial charge in [-0.05, 0) is 0 Å². The van der Waals surface area contributed by atoms with Crippen LogP contribution in [0.2, 0.25) is 0 Å². The molecule has 13 heavy (non-hydrogen) atoms. The van der Waals surface area contributed by atoms with Gasteiger partial charge in [-0.1, -0.05) is 0 Å². The Morgan fingerprint density at radius 3 is 2.69 bits per heavy atom. The summed E-state index contributed by atoms with van der Waals surface area (Å²) in [4.78, 5) is 12.5. The Bertz CT molecular complexity index is 419. The molecule has 0 unspecified atom stereocenters. The van der Waals surface area contributed by atoms with Gasteiger partial charge in [-0.15, -0.1) is 0 Å². The Hall–Kier alpha value is -1.90. The number of H-pyrrole nitrogens is 1. The van der Waals surface area contributed by atoms with Crippen molar-refractivity contribution in [1.29, 1.82) is 5.26 Å². The third kappa shape index (κ3) is 1.64. The third-order valence-electron chi connectivity index (χ3n) is 1.39. The molecule has 0 atom stereocenters. The molecular weight excluding hydrogens is 182 g/mol. The lowest BCUT2D eigenvalue weighted by atomic mass is 10.2. The van der Waals surface area contributed by atoms with Gasteiger partial charge in [-0.25, -0.2) is 8.78 Å². The predicted octanol–water partition coefficient (Wildman–Crippen LogP) is 0.890. The normalized spacial score (nSPS) is 10.0. The fourth-order valence-electron chi connectivity index (χ4n) is 0.866. The van der Waals surface area contributed by atoms with Crippen LogP contribution >= 0.6 is 0 Å². The van der Waals surface area contributed by atoms with E-state index >= 15 is 0 Å². The minimum Gasteiger partial charge on any atom is -0.507 e. The van der Waals surface area contributed by atoms with Crippen LogP contribution in [-0.4, -0.2) is 10.1 Å². The first-order chi connectivity index (χ1) is 6.06. The van der Waals surface area contributed by atoms with Gasteiger partial charge in [0.2, 0.25) is 0 Å². The second kappa shape index (κ2) is 3.23. The second-order valence-electron chi connectivity index (χ2n) is 2.22. The summed E-state index contributed by atoms with van der Waals surface area (Å²) < 4.78 is 24.3. The van der Waals surface area contributed by atoms with Crippen molar-refractivity contribution in [2.45, 2.75) is 6.43 Å². The number of aromatic hydroxyl groups is 1. The van der Waals surface area contributed by atoms with Crippen molar-refractivity contribution in [3.8, 4) is 11.8 Å². The Balaban J connectivity index is 3.50. The maximum absolute atomic E-state index is 12.2. The molecule has 0 aliphatic carbocycles. The molecule has 4 nitrogen and oxygen atoms in total. The van der Waals surface area contributed by atoms with Gasteiger partial charge in [-0.2, -0.15) is 5.26 Å². The molecule has 1 aromatic heterocycles. The van der Waals surface area contributed by atoms with Crippen LogP contribution in [0.15, 0.2) is 10.9 Å². The minimum atomic E-state index is -2.99. The number of nitriles is 1. The van der Waals surface area contributed by atoms with Crippen LogP contribution in [0.3, 0.4) is 0 Å². The molecule has 0 saturated carbocycles. The van der Waals surface area contributed by atoms with Gasteiger partial charge in [0.25, 0.3) is 12.0 Å². The maximum Gasteiger partial charge on any atom is 0.270 e. The first-order valence-electron chi connectivity index (χ1n) is 3.20. The highest BCUT2D eigenvalue weighted by Crippen LogP contribution is 2.28. The molecule has 2 N–H and O–H groups in total. The summed E-state index contributed by atoms with van der Waals surface area (Å²) >= 11 is 0. The SMILES string of the molecule is N#Cc1[nH]c(=O)cc(O)c1C(F)F. The van der Waals surface area contributed by atoms with Crippen LogP contribution in [0.1, 0.15) is 17.7 Å². The molecule has 0 saturated heterocycles. The second-order valence-corrected chi connectivity index (χ2v) is 2.22. The zero-order valence-electron chi connectivity index (χ0n) is 6.21. The summed E-state index contributed by atoms with van der Waals surface area (Å²) in [6.07, 6.45) is -2.99. The van der Waals surface area contributed by atoms with Crippen molar-refractivity contribution in [3.63, 3.8) is 0 Å². The van der Waals surface area contributed by atoms with E-state index in [4.69, 9.17) is 10.4 Å². The van der Waals surface area contributed by atoms with Crippen LogP contribution < -0.4 is 5.56 Å². The molecule has 1 rings (SSSR count). The van der Waals surface area contributed by atoms with E-state index in [1.807, 2.05) is 4.98 Å². The Labute approximate surface area is 71.1 Å².